The summed E-state index contributed by atoms with van der Waals surface area (Å²) in [5.41, 5.74) is 2.38. The van der Waals surface area contributed by atoms with Crippen molar-refractivity contribution in [1.29, 1.82) is 0 Å². The van der Waals surface area contributed by atoms with Crippen LogP contribution in [-0.4, -0.2) is 32.7 Å². The van der Waals surface area contributed by atoms with E-state index in [1.54, 1.807) is 0 Å². The van der Waals surface area contributed by atoms with Gasteiger partial charge in [0, 0.05) is 13.1 Å². The predicted molar refractivity (Wildman–Crippen MR) is 68.3 cm³/mol. The van der Waals surface area contributed by atoms with Crippen molar-refractivity contribution in [2.24, 2.45) is 0 Å². The first-order chi connectivity index (χ1) is 8.13. The summed E-state index contributed by atoms with van der Waals surface area (Å²) in [4.78, 5) is 11.4. The number of benzene rings is 1. The molecule has 0 radical (unpaired) electrons. The van der Waals surface area contributed by atoms with Gasteiger partial charge < -0.3 is 15.4 Å². The second-order valence-corrected chi connectivity index (χ2v) is 3.99. The number of hydrogen-bond donors (Lipinski definition) is 2. The topological polar surface area (TPSA) is 50.4 Å². The third-order valence-corrected chi connectivity index (χ3v) is 2.55. The van der Waals surface area contributed by atoms with Crippen LogP contribution in [0.25, 0.3) is 0 Å². The van der Waals surface area contributed by atoms with Crippen LogP contribution in [0.15, 0.2) is 18.2 Å². The second-order valence-electron chi connectivity index (χ2n) is 3.99. The van der Waals surface area contributed by atoms with Crippen LogP contribution < -0.4 is 15.4 Å². The fourth-order valence-corrected chi connectivity index (χ4v) is 1.33. The Morgan fingerprint density at radius 3 is 2.65 bits per heavy atom. The van der Waals surface area contributed by atoms with Crippen molar-refractivity contribution in [3.05, 3.63) is 29.3 Å². The van der Waals surface area contributed by atoms with Gasteiger partial charge in [-0.3, -0.25) is 4.79 Å². The molecule has 0 aliphatic rings. The average molecular weight is 236 g/mol. The molecule has 4 heteroatoms. The smallest absolute Gasteiger partial charge is 0.257 e. The Morgan fingerprint density at radius 1 is 1.24 bits per heavy atom. The van der Waals surface area contributed by atoms with Crippen LogP contribution in [-0.2, 0) is 4.79 Å². The van der Waals surface area contributed by atoms with E-state index in [0.29, 0.717) is 6.54 Å². The van der Waals surface area contributed by atoms with Crippen molar-refractivity contribution in [1.82, 2.24) is 10.6 Å². The summed E-state index contributed by atoms with van der Waals surface area (Å²) in [6.07, 6.45) is 0. The largest absolute Gasteiger partial charge is 0.484 e. The molecule has 0 saturated carbocycles. The highest BCUT2D eigenvalue weighted by atomic mass is 16.5. The number of nitrogens with one attached hydrogen (secondary N) is 2. The summed E-state index contributed by atoms with van der Waals surface area (Å²) >= 11 is 0. The molecule has 1 amide bonds. The first-order valence-electron chi connectivity index (χ1n) is 5.75. The third kappa shape index (κ3) is 4.87. The lowest BCUT2D eigenvalue weighted by molar-refractivity contribution is -0.123. The Labute approximate surface area is 102 Å². The Morgan fingerprint density at radius 2 is 2.00 bits per heavy atom. The minimum absolute atomic E-state index is 0.0617. The number of likely N-dealkylation sites (N-methyl/N-ethyl adjacent to an activating group) is 1. The highest BCUT2D eigenvalue weighted by Crippen LogP contribution is 2.15. The average Bonchev–Trinajstić information content (AvgIpc) is 2.31. The van der Waals surface area contributed by atoms with E-state index in [0.717, 1.165) is 17.9 Å². The lowest BCUT2D eigenvalue weighted by atomic mass is 10.1. The highest BCUT2D eigenvalue weighted by Gasteiger charge is 2.02. The molecule has 1 aromatic carbocycles. The zero-order chi connectivity index (χ0) is 12.7. The Kier molecular flexibility index (Phi) is 5.49. The number of carbonyl (C=O) groups excluding carboxylic acids is 1. The summed E-state index contributed by atoms with van der Waals surface area (Å²) < 4.78 is 5.40. The first-order valence-corrected chi connectivity index (χ1v) is 5.75. The van der Waals surface area contributed by atoms with E-state index in [1.807, 2.05) is 39.1 Å². The van der Waals surface area contributed by atoms with Crippen molar-refractivity contribution in [2.45, 2.75) is 13.8 Å². The van der Waals surface area contributed by atoms with Crippen LogP contribution in [0.2, 0.25) is 0 Å². The SMILES string of the molecule is CNCCNC(=O)COc1ccc(C)c(C)c1. The summed E-state index contributed by atoms with van der Waals surface area (Å²) in [5, 5.41) is 5.71. The molecule has 94 valence electrons. The first kappa shape index (κ1) is 13.5. The number of rotatable bonds is 6. The van der Waals surface area contributed by atoms with E-state index in [4.69, 9.17) is 4.74 Å². The van der Waals surface area contributed by atoms with Gasteiger partial charge in [-0.25, -0.2) is 0 Å². The maximum absolute atomic E-state index is 11.4. The zero-order valence-electron chi connectivity index (χ0n) is 10.7. The molecule has 0 aromatic heterocycles. The molecule has 17 heavy (non-hydrogen) atoms. The van der Waals surface area contributed by atoms with Gasteiger partial charge in [-0.1, -0.05) is 6.07 Å². The highest BCUT2D eigenvalue weighted by molar-refractivity contribution is 5.77. The van der Waals surface area contributed by atoms with E-state index < -0.39 is 0 Å². The molecule has 1 aromatic rings. The predicted octanol–water partition coefficient (Wildman–Crippen LogP) is 1.02. The van der Waals surface area contributed by atoms with Gasteiger partial charge in [0.15, 0.2) is 6.61 Å². The van der Waals surface area contributed by atoms with Gasteiger partial charge in [0.1, 0.15) is 5.75 Å². The summed E-state index contributed by atoms with van der Waals surface area (Å²) in [7, 11) is 1.84. The van der Waals surface area contributed by atoms with Gasteiger partial charge in [-0.15, -0.1) is 0 Å². The molecule has 4 nitrogen and oxygen atoms in total. The van der Waals surface area contributed by atoms with Crippen molar-refractivity contribution < 1.29 is 9.53 Å². The minimum atomic E-state index is -0.0986. The van der Waals surface area contributed by atoms with Crippen molar-refractivity contribution >= 4 is 5.91 Å². The summed E-state index contributed by atoms with van der Waals surface area (Å²) in [6.45, 7) is 5.51. The van der Waals surface area contributed by atoms with Crippen molar-refractivity contribution in [2.75, 3.05) is 26.7 Å². The molecule has 0 fully saturated rings. The molecule has 0 aliphatic heterocycles. The van der Waals surface area contributed by atoms with Gasteiger partial charge in [-0.05, 0) is 44.2 Å². The number of aryl methyl sites for hydroxylation is 2. The molecule has 0 unspecified atom stereocenters. The fraction of sp³-hybridized carbons (Fsp3) is 0.462. The quantitative estimate of drug-likeness (QED) is 0.725. The number of amides is 1. The second kappa shape index (κ2) is 6.91. The maximum Gasteiger partial charge on any atom is 0.257 e. The van der Waals surface area contributed by atoms with Crippen LogP contribution in [0.1, 0.15) is 11.1 Å². The van der Waals surface area contributed by atoms with E-state index in [9.17, 15) is 4.79 Å². The Hall–Kier alpha value is -1.55. The van der Waals surface area contributed by atoms with Gasteiger partial charge in [-0.2, -0.15) is 0 Å². The number of hydrogen-bond acceptors (Lipinski definition) is 3. The Bertz CT molecular complexity index is 378. The number of ether oxygens (including phenoxy) is 1. The minimum Gasteiger partial charge on any atom is -0.484 e. The monoisotopic (exact) mass is 236 g/mol. The molecule has 0 atom stereocenters. The maximum atomic E-state index is 11.4. The molecular weight excluding hydrogens is 216 g/mol. The molecule has 0 aliphatic carbocycles. The van der Waals surface area contributed by atoms with Crippen molar-refractivity contribution in [3.8, 4) is 5.75 Å². The van der Waals surface area contributed by atoms with Crippen LogP contribution in [0.4, 0.5) is 0 Å². The van der Waals surface area contributed by atoms with Gasteiger partial charge in [0.05, 0.1) is 0 Å². The third-order valence-electron chi connectivity index (χ3n) is 2.55. The molecule has 1 rings (SSSR count). The molecule has 0 saturated heterocycles. The lowest BCUT2D eigenvalue weighted by Gasteiger charge is -2.08. The summed E-state index contributed by atoms with van der Waals surface area (Å²) in [5.74, 6) is 0.635. The molecule has 0 heterocycles. The lowest BCUT2D eigenvalue weighted by Crippen LogP contribution is -2.33. The Balaban J connectivity index is 2.34. The van der Waals surface area contributed by atoms with Gasteiger partial charge in [0.25, 0.3) is 5.91 Å². The van der Waals surface area contributed by atoms with Crippen LogP contribution in [0, 0.1) is 13.8 Å². The normalized spacial score (nSPS) is 10.1. The molecule has 2 N–H and O–H groups in total. The fourth-order valence-electron chi connectivity index (χ4n) is 1.33. The van der Waals surface area contributed by atoms with E-state index >= 15 is 0 Å². The molecule has 0 spiro atoms. The molecule has 0 bridgehead atoms. The summed E-state index contributed by atoms with van der Waals surface area (Å²) in [6, 6.07) is 5.81. The van der Waals surface area contributed by atoms with E-state index in [-0.39, 0.29) is 12.5 Å². The zero-order valence-corrected chi connectivity index (χ0v) is 10.7. The van der Waals surface area contributed by atoms with E-state index in [2.05, 4.69) is 10.6 Å². The van der Waals surface area contributed by atoms with Crippen LogP contribution >= 0.6 is 0 Å². The van der Waals surface area contributed by atoms with Crippen LogP contribution in [0.3, 0.4) is 0 Å². The van der Waals surface area contributed by atoms with Crippen molar-refractivity contribution in [3.63, 3.8) is 0 Å². The standard InChI is InChI=1S/C13H20N2O2/c1-10-4-5-12(8-11(10)2)17-9-13(16)15-7-6-14-3/h4-5,8,14H,6-7,9H2,1-3H3,(H,15,16). The van der Waals surface area contributed by atoms with Crippen LogP contribution in [0.5, 0.6) is 5.75 Å². The number of carbonyl (C=O) groups is 1. The van der Waals surface area contributed by atoms with Gasteiger partial charge in [0.2, 0.25) is 0 Å². The molecular formula is C13H20N2O2. The van der Waals surface area contributed by atoms with E-state index in [1.165, 1.54) is 5.56 Å². The van der Waals surface area contributed by atoms with Gasteiger partial charge >= 0.3 is 0 Å².